The summed E-state index contributed by atoms with van der Waals surface area (Å²) >= 11 is 0. The van der Waals surface area contributed by atoms with E-state index in [0.29, 0.717) is 11.2 Å². The number of rotatable bonds is 5. The maximum Gasteiger partial charge on any atom is 0.224 e. The topological polar surface area (TPSA) is 63.2 Å². The fourth-order valence-corrected chi connectivity index (χ4v) is 5.47. The van der Waals surface area contributed by atoms with Crippen LogP contribution in [0.1, 0.15) is 0 Å². The van der Waals surface area contributed by atoms with Crippen LogP contribution in [0.15, 0.2) is 78.9 Å². The Morgan fingerprint density at radius 2 is 1.28 bits per heavy atom. The third kappa shape index (κ3) is 3.92. The van der Waals surface area contributed by atoms with E-state index in [9.17, 15) is 8.42 Å². The van der Waals surface area contributed by atoms with Crippen LogP contribution in [0.25, 0.3) is 33.5 Å². The number of hydrogen-bond acceptors (Lipinski definition) is 4. The summed E-state index contributed by atoms with van der Waals surface area (Å²) in [5.41, 5.74) is 5.50. The van der Waals surface area contributed by atoms with Gasteiger partial charge >= 0.3 is 0 Å². The Kier molecular flexibility index (Phi) is 5.17. The van der Waals surface area contributed by atoms with Crippen LogP contribution in [-0.2, 0) is 10.0 Å². The quantitative estimate of drug-likeness (QED) is 0.452. The molecule has 4 rings (SSSR count). The minimum atomic E-state index is -3.35. The Morgan fingerprint density at radius 1 is 0.759 bits per heavy atom. The van der Waals surface area contributed by atoms with Crippen molar-refractivity contribution in [3.8, 4) is 22.5 Å². The molecule has 0 N–H and O–H groups in total. The molecule has 0 aliphatic heterocycles. The van der Waals surface area contributed by atoms with Gasteiger partial charge in [0.15, 0.2) is 9.68 Å². The Balaban J connectivity index is 1.96. The first-order valence-corrected chi connectivity index (χ1v) is 12.4. The van der Waals surface area contributed by atoms with Crippen molar-refractivity contribution in [3.63, 3.8) is 0 Å². The molecule has 0 amide bonds. The predicted molar refractivity (Wildman–Crippen MR) is 119 cm³/mol. The highest BCUT2D eigenvalue weighted by Crippen LogP contribution is 2.32. The zero-order chi connectivity index (χ0) is 20.4. The number of fused-ring (bicyclic) bond motifs is 1. The Bertz CT molecular complexity index is 1260. The molecule has 0 aliphatic carbocycles. The van der Waals surface area contributed by atoms with Crippen molar-refractivity contribution in [1.82, 2.24) is 9.97 Å². The zero-order valence-corrected chi connectivity index (χ0v) is 17.9. The van der Waals surface area contributed by atoms with Crippen molar-refractivity contribution in [2.75, 3.05) is 10.2 Å². The molecule has 0 aliphatic rings. The minimum absolute atomic E-state index is 0.0914. The van der Waals surface area contributed by atoms with E-state index in [4.69, 9.17) is 9.97 Å². The van der Waals surface area contributed by atoms with E-state index < -0.39 is 10.0 Å². The third-order valence-corrected chi connectivity index (χ3v) is 7.59. The summed E-state index contributed by atoms with van der Waals surface area (Å²) in [5, 5.41) is 0. The smallest absolute Gasteiger partial charge is 0.224 e. The lowest BCUT2D eigenvalue weighted by Gasteiger charge is -2.20. The van der Waals surface area contributed by atoms with Gasteiger partial charge in [-0.2, -0.15) is 0 Å². The fourth-order valence-electron chi connectivity index (χ4n) is 3.25. The predicted octanol–water partition coefficient (Wildman–Crippen LogP) is 4.40. The number of aromatic nitrogens is 2. The van der Waals surface area contributed by atoms with E-state index in [0.717, 1.165) is 28.0 Å². The van der Waals surface area contributed by atoms with Crippen molar-refractivity contribution in [2.45, 2.75) is 6.55 Å². The third-order valence-electron chi connectivity index (χ3n) is 4.51. The number of anilines is 1. The second kappa shape index (κ2) is 7.77. The van der Waals surface area contributed by atoms with Gasteiger partial charge in [0.2, 0.25) is 10.0 Å². The lowest BCUT2D eigenvalue weighted by molar-refractivity contribution is 0.603. The molecule has 144 valence electrons. The van der Waals surface area contributed by atoms with Gasteiger partial charge < -0.3 is 3.97 Å². The molecule has 0 saturated carbocycles. The standard InChI is InChI=1S/C22H19N3O2SSi/c1-28(26,27)25(29-2)18-13-14-19-20(15-18)24-22(17-11-7-4-8-12-17)21(23-19)16-9-5-3-6-10-16/h3-15H,1-2H3. The molecular weight excluding hydrogens is 398 g/mol. The molecule has 1 heterocycles. The van der Waals surface area contributed by atoms with Crippen molar-refractivity contribution < 1.29 is 8.42 Å². The fraction of sp³-hybridized carbons (Fsp3) is 0.0909. The summed E-state index contributed by atoms with van der Waals surface area (Å²) in [6, 6.07) is 25.3. The second-order valence-electron chi connectivity index (χ2n) is 6.58. The number of benzene rings is 3. The molecule has 0 unspecified atom stereocenters. The van der Waals surface area contributed by atoms with E-state index in [1.807, 2.05) is 73.3 Å². The number of sulfonamides is 1. The van der Waals surface area contributed by atoms with Crippen LogP contribution in [0.3, 0.4) is 0 Å². The average molecular weight is 418 g/mol. The SMILES string of the molecule is C[Si]N(c1ccc2nc(-c3ccccc3)c(-c3ccccc3)nc2c1)S(C)(=O)=O. The van der Waals surface area contributed by atoms with Gasteiger partial charge in [0.1, 0.15) is 0 Å². The number of hydrogen-bond donors (Lipinski definition) is 0. The van der Waals surface area contributed by atoms with E-state index in [2.05, 4.69) is 0 Å². The Labute approximate surface area is 173 Å². The summed E-state index contributed by atoms with van der Waals surface area (Å²) in [6.45, 7) is 1.84. The summed E-state index contributed by atoms with van der Waals surface area (Å²) in [5.74, 6) is 0. The van der Waals surface area contributed by atoms with Gasteiger partial charge in [0, 0.05) is 16.8 Å². The molecule has 0 saturated heterocycles. The van der Waals surface area contributed by atoms with Gasteiger partial charge in [-0.05, 0) is 18.2 Å². The first-order chi connectivity index (χ1) is 14.0. The second-order valence-corrected chi connectivity index (χ2v) is 9.63. The molecule has 5 nitrogen and oxygen atoms in total. The van der Waals surface area contributed by atoms with Gasteiger partial charge in [0.05, 0.1) is 28.7 Å². The van der Waals surface area contributed by atoms with Crippen LogP contribution in [-0.4, -0.2) is 34.3 Å². The summed E-state index contributed by atoms with van der Waals surface area (Å²) in [7, 11) is -3.26. The first kappa shape index (κ1) is 19.3. The molecule has 1 aromatic heterocycles. The van der Waals surface area contributed by atoms with Crippen molar-refractivity contribution in [1.29, 1.82) is 0 Å². The maximum atomic E-state index is 12.1. The maximum absolute atomic E-state index is 12.1. The van der Waals surface area contributed by atoms with Crippen molar-refractivity contribution in [3.05, 3.63) is 78.9 Å². The Hall–Kier alpha value is -3.03. The van der Waals surface area contributed by atoms with Gasteiger partial charge in [-0.15, -0.1) is 0 Å². The molecule has 2 radical (unpaired) electrons. The van der Waals surface area contributed by atoms with E-state index in [1.165, 1.54) is 10.2 Å². The van der Waals surface area contributed by atoms with Gasteiger partial charge in [-0.3, -0.25) is 0 Å². The van der Waals surface area contributed by atoms with Crippen molar-refractivity contribution >= 4 is 36.4 Å². The average Bonchev–Trinajstić information content (AvgIpc) is 2.73. The molecule has 7 heteroatoms. The largest absolute Gasteiger partial charge is 0.300 e. The molecule has 0 atom stereocenters. The highest BCUT2D eigenvalue weighted by Gasteiger charge is 2.18. The Morgan fingerprint density at radius 3 is 1.76 bits per heavy atom. The molecule has 29 heavy (non-hydrogen) atoms. The van der Waals surface area contributed by atoms with Gasteiger partial charge in [-0.1, -0.05) is 67.2 Å². The summed E-state index contributed by atoms with van der Waals surface area (Å²) in [4.78, 5) is 9.78. The van der Waals surface area contributed by atoms with Crippen molar-refractivity contribution in [2.24, 2.45) is 0 Å². The molecular formula is C22H19N3O2SSi. The van der Waals surface area contributed by atoms with Crippen LogP contribution in [0, 0.1) is 0 Å². The molecule has 3 aromatic carbocycles. The lowest BCUT2D eigenvalue weighted by atomic mass is 10.0. The minimum Gasteiger partial charge on any atom is -0.300 e. The molecule has 0 bridgehead atoms. The van der Waals surface area contributed by atoms with Crippen LogP contribution in [0.5, 0.6) is 0 Å². The zero-order valence-electron chi connectivity index (χ0n) is 16.1. The molecule has 4 aromatic rings. The van der Waals surface area contributed by atoms with Crippen LogP contribution >= 0.6 is 0 Å². The summed E-state index contributed by atoms with van der Waals surface area (Å²) < 4.78 is 25.6. The highest BCUT2D eigenvalue weighted by molar-refractivity contribution is 7.93. The van der Waals surface area contributed by atoms with E-state index in [1.54, 1.807) is 12.1 Å². The van der Waals surface area contributed by atoms with Gasteiger partial charge in [0.25, 0.3) is 0 Å². The molecule has 0 spiro atoms. The van der Waals surface area contributed by atoms with E-state index >= 15 is 0 Å². The summed E-state index contributed by atoms with van der Waals surface area (Å²) in [6.07, 6.45) is 1.22. The molecule has 0 fully saturated rings. The van der Waals surface area contributed by atoms with Gasteiger partial charge in [-0.25, -0.2) is 18.4 Å². The van der Waals surface area contributed by atoms with Crippen LogP contribution in [0.2, 0.25) is 6.55 Å². The monoisotopic (exact) mass is 417 g/mol. The highest BCUT2D eigenvalue weighted by atomic mass is 32.2. The van der Waals surface area contributed by atoms with Crippen LogP contribution in [0.4, 0.5) is 5.69 Å². The van der Waals surface area contributed by atoms with Crippen LogP contribution < -0.4 is 3.97 Å². The first-order valence-electron chi connectivity index (χ1n) is 9.08. The normalized spacial score (nSPS) is 11.5. The number of nitrogens with zero attached hydrogens (tertiary/aromatic N) is 3. The lowest BCUT2D eigenvalue weighted by Crippen LogP contribution is -2.31. The van der Waals surface area contributed by atoms with E-state index in [-0.39, 0.29) is 9.68 Å².